The maximum Gasteiger partial charge on any atom is 0.381 e. The van der Waals surface area contributed by atoms with Crippen molar-refractivity contribution < 1.29 is 4.92 Å². The second-order valence-corrected chi connectivity index (χ2v) is 4.71. The van der Waals surface area contributed by atoms with E-state index in [9.17, 15) is 10.1 Å². The number of aromatic nitrogens is 2. The molecule has 0 atom stereocenters. The molecule has 82 valence electrons. The molecule has 0 unspecified atom stereocenters. The van der Waals surface area contributed by atoms with E-state index in [1.807, 2.05) is 4.57 Å². The summed E-state index contributed by atoms with van der Waals surface area (Å²) in [6.07, 6.45) is 6.67. The molecule has 1 aromatic rings. The fourth-order valence-electron chi connectivity index (χ4n) is 1.93. The predicted octanol–water partition coefficient (Wildman–Crippen LogP) is 2.36. The molecule has 1 saturated carbocycles. The molecule has 0 spiro atoms. The van der Waals surface area contributed by atoms with Crippen LogP contribution in [0.1, 0.15) is 19.3 Å². The van der Waals surface area contributed by atoms with Crippen molar-refractivity contribution in [3.63, 3.8) is 0 Å². The van der Waals surface area contributed by atoms with Gasteiger partial charge in [0, 0.05) is 11.9 Å². The average Bonchev–Trinajstić information content (AvgIpc) is 2.59. The molecule has 1 aliphatic rings. The number of imidazole rings is 1. The van der Waals surface area contributed by atoms with Crippen LogP contribution >= 0.6 is 15.9 Å². The van der Waals surface area contributed by atoms with Crippen molar-refractivity contribution in [2.24, 2.45) is 5.41 Å². The van der Waals surface area contributed by atoms with Crippen molar-refractivity contribution in [3.05, 3.63) is 22.6 Å². The maximum absolute atomic E-state index is 10.5. The van der Waals surface area contributed by atoms with Gasteiger partial charge in [0.2, 0.25) is 6.33 Å². The largest absolute Gasteiger partial charge is 0.381 e. The topological polar surface area (TPSA) is 61.0 Å². The van der Waals surface area contributed by atoms with E-state index in [4.69, 9.17) is 0 Å². The molecule has 0 amide bonds. The summed E-state index contributed by atoms with van der Waals surface area (Å²) in [7, 11) is 0. The smallest absolute Gasteiger partial charge is 0.358 e. The van der Waals surface area contributed by atoms with E-state index in [1.54, 1.807) is 6.33 Å². The number of nitrogens with zero attached hydrogens (tertiary/aromatic N) is 3. The Hall–Kier alpha value is -0.910. The van der Waals surface area contributed by atoms with Crippen LogP contribution in [0.4, 0.5) is 5.82 Å². The van der Waals surface area contributed by atoms with Crippen LogP contribution in [-0.2, 0) is 6.54 Å². The highest BCUT2D eigenvalue weighted by Gasteiger charge is 2.36. The molecule has 1 fully saturated rings. The molecule has 2 rings (SSSR count). The summed E-state index contributed by atoms with van der Waals surface area (Å²) in [5.74, 6) is -0.0703. The Morgan fingerprint density at radius 2 is 2.40 bits per heavy atom. The first kappa shape index (κ1) is 10.6. The van der Waals surface area contributed by atoms with Gasteiger partial charge in [-0.25, -0.2) is 0 Å². The molecule has 5 nitrogen and oxygen atoms in total. The number of hydrogen-bond acceptors (Lipinski definition) is 3. The van der Waals surface area contributed by atoms with E-state index in [0.717, 1.165) is 11.9 Å². The SMILES string of the molecule is O=[N+]([O-])c1cn(CC2(CBr)CCC2)cn1. The standard InChI is InChI=1S/C9H12BrN3O2/c10-5-9(2-1-3-9)6-12-4-8(11-7-12)13(14)15/h4,7H,1-3,5-6H2. The van der Waals surface area contributed by atoms with Gasteiger partial charge < -0.3 is 14.7 Å². The molecule has 1 aliphatic carbocycles. The van der Waals surface area contributed by atoms with Crippen molar-refractivity contribution in [1.82, 2.24) is 9.55 Å². The third kappa shape index (κ3) is 2.04. The highest BCUT2D eigenvalue weighted by Crippen LogP contribution is 2.43. The van der Waals surface area contributed by atoms with E-state index >= 15 is 0 Å². The highest BCUT2D eigenvalue weighted by atomic mass is 79.9. The molecule has 0 bridgehead atoms. The van der Waals surface area contributed by atoms with Crippen molar-refractivity contribution in [2.75, 3.05) is 5.33 Å². The van der Waals surface area contributed by atoms with Gasteiger partial charge in [-0.3, -0.25) is 0 Å². The van der Waals surface area contributed by atoms with Crippen LogP contribution in [-0.4, -0.2) is 19.8 Å². The molecule has 0 N–H and O–H groups in total. The van der Waals surface area contributed by atoms with Gasteiger partial charge in [0.1, 0.15) is 6.20 Å². The Bertz CT molecular complexity index is 368. The lowest BCUT2D eigenvalue weighted by Crippen LogP contribution is -2.35. The van der Waals surface area contributed by atoms with Crippen LogP contribution in [0.5, 0.6) is 0 Å². The Morgan fingerprint density at radius 3 is 2.80 bits per heavy atom. The van der Waals surface area contributed by atoms with Crippen molar-refractivity contribution in [3.8, 4) is 0 Å². The van der Waals surface area contributed by atoms with Crippen molar-refractivity contribution in [2.45, 2.75) is 25.8 Å². The van der Waals surface area contributed by atoms with Gasteiger partial charge in [-0.2, -0.15) is 0 Å². The fourth-order valence-corrected chi connectivity index (χ4v) is 2.67. The molecule has 1 heterocycles. The summed E-state index contributed by atoms with van der Waals surface area (Å²) in [6, 6.07) is 0. The molecule has 6 heteroatoms. The first-order valence-electron chi connectivity index (χ1n) is 4.87. The summed E-state index contributed by atoms with van der Waals surface area (Å²) in [4.78, 5) is 13.7. The Labute approximate surface area is 95.8 Å². The van der Waals surface area contributed by atoms with Crippen LogP contribution in [0.15, 0.2) is 12.5 Å². The first-order chi connectivity index (χ1) is 7.15. The van der Waals surface area contributed by atoms with Gasteiger partial charge in [0.05, 0.1) is 0 Å². The van der Waals surface area contributed by atoms with Gasteiger partial charge in [0.25, 0.3) is 0 Å². The van der Waals surface area contributed by atoms with Gasteiger partial charge in [0.15, 0.2) is 0 Å². The van der Waals surface area contributed by atoms with Gasteiger partial charge in [-0.1, -0.05) is 22.4 Å². The summed E-state index contributed by atoms with van der Waals surface area (Å²) < 4.78 is 1.82. The molecule has 0 radical (unpaired) electrons. The lowest BCUT2D eigenvalue weighted by molar-refractivity contribution is -0.389. The van der Waals surface area contributed by atoms with Crippen molar-refractivity contribution in [1.29, 1.82) is 0 Å². The van der Waals surface area contributed by atoms with Crippen LogP contribution in [0.2, 0.25) is 0 Å². The minimum Gasteiger partial charge on any atom is -0.358 e. The Balaban J connectivity index is 2.07. The summed E-state index contributed by atoms with van der Waals surface area (Å²) in [5.41, 5.74) is 0.286. The number of rotatable bonds is 4. The van der Waals surface area contributed by atoms with E-state index in [2.05, 4.69) is 20.9 Å². The summed E-state index contributed by atoms with van der Waals surface area (Å²) in [5, 5.41) is 11.4. The Kier molecular flexibility index (Phi) is 2.77. The number of alkyl halides is 1. The van der Waals surface area contributed by atoms with Crippen LogP contribution in [0, 0.1) is 15.5 Å². The maximum atomic E-state index is 10.5. The van der Waals surface area contributed by atoms with Gasteiger partial charge in [-0.15, -0.1) is 0 Å². The summed E-state index contributed by atoms with van der Waals surface area (Å²) >= 11 is 3.51. The fraction of sp³-hybridized carbons (Fsp3) is 0.667. The zero-order valence-electron chi connectivity index (χ0n) is 8.23. The number of hydrogen-bond donors (Lipinski definition) is 0. The molecule has 0 aliphatic heterocycles. The first-order valence-corrected chi connectivity index (χ1v) is 5.99. The zero-order chi connectivity index (χ0) is 10.9. The molecule has 1 aromatic heterocycles. The van der Waals surface area contributed by atoms with E-state index < -0.39 is 4.92 Å². The quantitative estimate of drug-likeness (QED) is 0.481. The van der Waals surface area contributed by atoms with Gasteiger partial charge in [-0.05, 0) is 28.2 Å². The molecular formula is C9H12BrN3O2. The van der Waals surface area contributed by atoms with E-state index in [0.29, 0.717) is 0 Å². The zero-order valence-corrected chi connectivity index (χ0v) is 9.81. The third-order valence-corrected chi connectivity index (χ3v) is 4.21. The monoisotopic (exact) mass is 273 g/mol. The van der Waals surface area contributed by atoms with Crippen LogP contribution in [0.25, 0.3) is 0 Å². The minimum absolute atomic E-state index is 0.0703. The third-order valence-electron chi connectivity index (χ3n) is 3.02. The molecule has 0 saturated heterocycles. The Morgan fingerprint density at radius 1 is 1.67 bits per heavy atom. The molecular weight excluding hydrogens is 262 g/mol. The second kappa shape index (κ2) is 3.92. The lowest BCUT2D eigenvalue weighted by Gasteiger charge is -2.40. The number of nitro groups is 1. The van der Waals surface area contributed by atoms with E-state index in [-0.39, 0.29) is 11.2 Å². The number of halogens is 1. The minimum atomic E-state index is -0.460. The van der Waals surface area contributed by atoms with Crippen LogP contribution < -0.4 is 0 Å². The molecule has 15 heavy (non-hydrogen) atoms. The summed E-state index contributed by atoms with van der Waals surface area (Å²) in [6.45, 7) is 0.819. The van der Waals surface area contributed by atoms with E-state index in [1.165, 1.54) is 25.5 Å². The predicted molar refractivity (Wildman–Crippen MR) is 59.0 cm³/mol. The lowest BCUT2D eigenvalue weighted by atomic mass is 9.70. The molecule has 0 aromatic carbocycles. The van der Waals surface area contributed by atoms with Crippen molar-refractivity contribution >= 4 is 21.7 Å². The average molecular weight is 274 g/mol. The normalized spacial score (nSPS) is 18.5. The highest BCUT2D eigenvalue weighted by molar-refractivity contribution is 9.09. The van der Waals surface area contributed by atoms with Gasteiger partial charge >= 0.3 is 5.82 Å². The van der Waals surface area contributed by atoms with Crippen LogP contribution in [0.3, 0.4) is 0 Å². The second-order valence-electron chi connectivity index (χ2n) is 4.15.